The van der Waals surface area contributed by atoms with Crippen LogP contribution in [0.5, 0.6) is 0 Å². The zero-order valence-electron chi connectivity index (χ0n) is 41.9. The Labute approximate surface area is 403 Å². The van der Waals surface area contributed by atoms with Gasteiger partial charge in [-0.25, -0.2) is 4.79 Å². The van der Waals surface area contributed by atoms with Gasteiger partial charge < -0.3 is 48.6 Å². The number of ether oxygens (including phenoxy) is 6. The van der Waals surface area contributed by atoms with Gasteiger partial charge in [0.2, 0.25) is 5.79 Å². The highest BCUT2D eigenvalue weighted by Crippen LogP contribution is 2.39. The Balaban J connectivity index is 1.66. The molecule has 16 nitrogen and oxygen atoms in total. The van der Waals surface area contributed by atoms with Crippen molar-refractivity contribution in [1.29, 1.82) is 0 Å². The van der Waals surface area contributed by atoms with E-state index >= 15 is 0 Å². The minimum atomic E-state index is -2.54. The van der Waals surface area contributed by atoms with Gasteiger partial charge in [-0.05, 0) is 108 Å². The molecule has 4 rings (SSSR count). The van der Waals surface area contributed by atoms with E-state index in [2.05, 4.69) is 6.58 Å². The molecule has 16 heteroatoms. The van der Waals surface area contributed by atoms with E-state index in [1.807, 2.05) is 26.0 Å². The smallest absolute Gasteiger partial charge is 0.329 e. The van der Waals surface area contributed by atoms with Crippen molar-refractivity contribution in [3.05, 3.63) is 36.0 Å². The Morgan fingerprint density at radius 3 is 2.19 bits per heavy atom. The summed E-state index contributed by atoms with van der Waals surface area (Å²) in [5.41, 5.74) is 1.54. The zero-order chi connectivity index (χ0) is 50.3. The number of rotatable bonds is 15. The van der Waals surface area contributed by atoms with Crippen LogP contribution in [-0.4, -0.2) is 138 Å². The van der Waals surface area contributed by atoms with Crippen LogP contribution in [0.25, 0.3) is 0 Å². The van der Waals surface area contributed by atoms with Crippen LogP contribution in [-0.2, 0) is 57.2 Å². The van der Waals surface area contributed by atoms with Crippen LogP contribution >= 0.6 is 0 Å². The summed E-state index contributed by atoms with van der Waals surface area (Å²) in [7, 11) is 4.59. The molecule has 2 saturated heterocycles. The predicted molar refractivity (Wildman–Crippen MR) is 252 cm³/mol. The average molecular weight is 960 g/mol. The first-order valence-electron chi connectivity index (χ1n) is 24.9. The number of methoxy groups -OCH3 is 3. The number of allylic oxidation sites excluding steroid dienone is 4. The van der Waals surface area contributed by atoms with Gasteiger partial charge in [0.05, 0.1) is 24.4 Å². The monoisotopic (exact) mass is 960 g/mol. The molecule has 1 amide bonds. The van der Waals surface area contributed by atoms with Crippen LogP contribution in [0.4, 0.5) is 0 Å². The summed E-state index contributed by atoms with van der Waals surface area (Å²) in [6.45, 7) is 13.0. The number of fused-ring (bicyclic) bond motifs is 3. The van der Waals surface area contributed by atoms with Gasteiger partial charge >= 0.3 is 17.9 Å². The van der Waals surface area contributed by atoms with E-state index in [0.717, 1.165) is 16.9 Å². The lowest BCUT2D eigenvalue weighted by molar-refractivity contribution is -0.302. The summed E-state index contributed by atoms with van der Waals surface area (Å²) in [6, 6.07) is -1.19. The van der Waals surface area contributed by atoms with Crippen LogP contribution in [0.1, 0.15) is 144 Å². The quantitative estimate of drug-likeness (QED) is 0.0680. The van der Waals surface area contributed by atoms with Crippen molar-refractivity contribution in [1.82, 2.24) is 4.90 Å². The van der Waals surface area contributed by atoms with Gasteiger partial charge in [-0.3, -0.25) is 24.0 Å². The highest BCUT2D eigenvalue weighted by molar-refractivity contribution is 6.39. The SMILES string of the molecule is C=CC[C@@H]1/C=C(\C)C[C@H](C)C[C@H](OC)[C@H]2O[C@@](O)(C(=O)C(=O)N3CCCC[C@H]3C(=O)O[C@H](/C(C)=C/[C@@H]3CC[C@@H](OC(=O)CCCCCCC(=O)O)[C@H](OC)C3)[C@H](C)[C@@H](O)CC1=O)[C@H](C)C[C@@H]2OC. The fourth-order valence-corrected chi connectivity index (χ4v) is 10.7. The Bertz CT molecular complexity index is 1800. The molecule has 3 aliphatic heterocycles. The van der Waals surface area contributed by atoms with Crippen LogP contribution < -0.4 is 0 Å². The van der Waals surface area contributed by atoms with Gasteiger partial charge in [-0.2, -0.15) is 0 Å². The summed E-state index contributed by atoms with van der Waals surface area (Å²) in [6.07, 6.45) is 7.29. The molecule has 0 aromatic carbocycles. The molecule has 3 heterocycles. The number of aliphatic hydroxyl groups is 2. The Morgan fingerprint density at radius 1 is 0.882 bits per heavy atom. The first-order chi connectivity index (χ1) is 32.3. The van der Waals surface area contributed by atoms with E-state index in [9.17, 15) is 39.0 Å². The first kappa shape index (κ1) is 56.8. The molecule has 0 spiro atoms. The molecule has 0 unspecified atom stereocenters. The van der Waals surface area contributed by atoms with E-state index < -0.39 is 95.9 Å². The standard InChI is InChI=1S/C52H81NO15/c1-10-17-37-25-31(2)24-32(3)26-43(64-8)48-44(65-9)28-34(5)52(62,68-48)49(59)50(60)53-23-16-15-18-38(53)51(61)67-47(35(6)39(54)30-40(37)55)33(4)27-36-21-22-41(42(29-36)63-7)66-46(58)20-14-12-11-13-19-45(56)57/h10,25,27,32,34-39,41-44,47-48,54,62H,1,11-24,26,28-30H2,2-9H3,(H,56,57)/b31-25+,33-27+/t32-,34+,35+,36-,37+,38-,39-,41+,42+,43-,44-,47+,48+,52+/m0/s1. The number of carbonyl (C=O) groups is 6. The number of carbonyl (C=O) groups excluding carboxylic acids is 5. The van der Waals surface area contributed by atoms with Gasteiger partial charge in [0.1, 0.15) is 30.1 Å². The molecule has 0 aromatic rings. The number of aliphatic carboxylic acids is 1. The normalized spacial score (nSPS) is 36.1. The van der Waals surface area contributed by atoms with Crippen LogP contribution in [0.3, 0.4) is 0 Å². The van der Waals surface area contributed by atoms with Crippen molar-refractivity contribution in [2.24, 2.45) is 29.6 Å². The van der Waals surface area contributed by atoms with Crippen LogP contribution in [0, 0.1) is 29.6 Å². The van der Waals surface area contributed by atoms with Crippen LogP contribution in [0.2, 0.25) is 0 Å². The number of carboxylic acid groups (broad SMARTS) is 1. The third-order valence-electron chi connectivity index (χ3n) is 14.7. The minimum absolute atomic E-state index is 0.0162. The van der Waals surface area contributed by atoms with Crippen LogP contribution in [0.15, 0.2) is 36.0 Å². The summed E-state index contributed by atoms with van der Waals surface area (Å²) < 4.78 is 36.0. The number of esters is 2. The molecule has 68 heavy (non-hydrogen) atoms. The molecular weight excluding hydrogens is 879 g/mol. The van der Waals surface area contributed by atoms with E-state index in [4.69, 9.17) is 33.5 Å². The van der Waals surface area contributed by atoms with E-state index in [1.165, 1.54) is 14.2 Å². The number of amides is 1. The number of unbranched alkanes of at least 4 members (excludes halogenated alkanes) is 3. The van der Waals surface area contributed by atoms with E-state index in [0.29, 0.717) is 76.2 Å². The Hall–Kier alpha value is -3.80. The van der Waals surface area contributed by atoms with Gasteiger partial charge in [-0.1, -0.05) is 57.4 Å². The molecule has 2 bridgehead atoms. The molecule has 0 radical (unpaired) electrons. The van der Waals surface area contributed by atoms with Crippen molar-refractivity contribution < 1.29 is 72.5 Å². The zero-order valence-corrected chi connectivity index (χ0v) is 41.9. The molecule has 1 aliphatic carbocycles. The molecule has 3 N–H and O–H groups in total. The fourth-order valence-electron chi connectivity index (χ4n) is 10.7. The van der Waals surface area contributed by atoms with Gasteiger partial charge in [0.15, 0.2) is 0 Å². The van der Waals surface area contributed by atoms with Crippen molar-refractivity contribution in [3.8, 4) is 0 Å². The lowest BCUT2D eigenvalue weighted by Crippen LogP contribution is -2.64. The number of cyclic esters (lactones) is 1. The molecular formula is C52H81NO15. The molecule has 14 atom stereocenters. The molecule has 3 fully saturated rings. The van der Waals surface area contributed by atoms with Crippen molar-refractivity contribution in [3.63, 3.8) is 0 Å². The summed E-state index contributed by atoms with van der Waals surface area (Å²) in [4.78, 5) is 82.1. The maximum Gasteiger partial charge on any atom is 0.329 e. The summed E-state index contributed by atoms with van der Waals surface area (Å²) >= 11 is 0. The number of ketones is 2. The van der Waals surface area contributed by atoms with Crippen molar-refractivity contribution in [2.45, 2.75) is 198 Å². The third-order valence-corrected chi connectivity index (χ3v) is 14.7. The second-order valence-electron chi connectivity index (χ2n) is 20.0. The van der Waals surface area contributed by atoms with Gasteiger partial charge in [-0.15, -0.1) is 6.58 Å². The average Bonchev–Trinajstić information content (AvgIpc) is 3.30. The molecule has 1 saturated carbocycles. The van der Waals surface area contributed by atoms with E-state index in [1.54, 1.807) is 34.0 Å². The maximum atomic E-state index is 14.5. The maximum absolute atomic E-state index is 14.5. The van der Waals surface area contributed by atoms with Gasteiger partial charge in [0, 0.05) is 64.9 Å². The Kier molecular flexibility index (Phi) is 22.5. The second kappa shape index (κ2) is 27.0. The number of hydrogen-bond acceptors (Lipinski definition) is 14. The van der Waals surface area contributed by atoms with E-state index in [-0.39, 0.29) is 62.2 Å². The highest BCUT2D eigenvalue weighted by Gasteiger charge is 2.56. The molecule has 4 aliphatic rings. The van der Waals surface area contributed by atoms with Gasteiger partial charge in [0.25, 0.3) is 11.7 Å². The summed E-state index contributed by atoms with van der Waals surface area (Å²) in [5, 5.41) is 32.8. The topological polar surface area (TPSA) is 222 Å². The predicted octanol–water partition coefficient (Wildman–Crippen LogP) is 6.62. The number of hydrogen-bond donors (Lipinski definition) is 3. The second-order valence-corrected chi connectivity index (χ2v) is 20.0. The molecule has 384 valence electrons. The number of carboxylic acids is 1. The lowest BCUT2D eigenvalue weighted by atomic mass is 9.81. The Morgan fingerprint density at radius 2 is 1.54 bits per heavy atom. The first-order valence-corrected chi connectivity index (χ1v) is 24.9. The van der Waals surface area contributed by atoms with Crippen molar-refractivity contribution in [2.75, 3.05) is 27.9 Å². The fraction of sp³-hybridized carbons (Fsp3) is 0.769. The third kappa shape index (κ3) is 15.3. The minimum Gasteiger partial charge on any atom is -0.481 e. The summed E-state index contributed by atoms with van der Waals surface area (Å²) in [5.74, 6) is -9.32. The molecule has 0 aromatic heterocycles. The lowest BCUT2D eigenvalue weighted by Gasteiger charge is -2.47. The number of Topliss-reactive ketones (excluding diaryl/α,β-unsaturated/α-hetero) is 2. The number of aliphatic hydroxyl groups excluding tert-OH is 1. The largest absolute Gasteiger partial charge is 0.481 e. The number of piperidine rings is 1. The van der Waals surface area contributed by atoms with Crippen molar-refractivity contribution >= 4 is 35.4 Å². The number of nitrogens with zero attached hydrogens (tertiary/aromatic N) is 1. The highest BCUT2D eigenvalue weighted by atomic mass is 16.7.